The Balaban J connectivity index is 1.94. The minimum Gasteiger partial charge on any atom is -0.480 e. The van der Waals surface area contributed by atoms with Crippen LogP contribution in [0, 0.1) is 5.41 Å². The maximum atomic E-state index is 12.4. The van der Waals surface area contributed by atoms with Gasteiger partial charge in [0.25, 0.3) is 0 Å². The van der Waals surface area contributed by atoms with Gasteiger partial charge in [0.1, 0.15) is 5.41 Å². The van der Waals surface area contributed by atoms with Crippen LogP contribution in [0.1, 0.15) is 12.8 Å². The number of carboxylic acids is 1. The van der Waals surface area contributed by atoms with Crippen molar-refractivity contribution in [1.29, 1.82) is 0 Å². The van der Waals surface area contributed by atoms with Crippen molar-refractivity contribution >= 4 is 28.3 Å². The summed E-state index contributed by atoms with van der Waals surface area (Å²) < 4.78 is 0. The normalized spacial score (nSPS) is 15.8. The molecule has 102 valence electrons. The van der Waals surface area contributed by atoms with Gasteiger partial charge in [-0.1, -0.05) is 30.3 Å². The van der Waals surface area contributed by atoms with E-state index in [0.29, 0.717) is 12.8 Å². The molecule has 1 fully saturated rings. The third-order valence-electron chi connectivity index (χ3n) is 3.99. The maximum absolute atomic E-state index is 12.4. The van der Waals surface area contributed by atoms with Gasteiger partial charge in [0, 0.05) is 12.7 Å². The van der Waals surface area contributed by atoms with E-state index in [-0.39, 0.29) is 5.91 Å². The van der Waals surface area contributed by atoms with Crippen molar-refractivity contribution in [3.8, 4) is 0 Å². The van der Waals surface area contributed by atoms with Crippen LogP contribution in [-0.4, -0.2) is 24.0 Å². The van der Waals surface area contributed by atoms with Crippen LogP contribution in [0.4, 0.5) is 5.69 Å². The second-order valence-electron chi connectivity index (χ2n) is 5.28. The molecular formula is C16H15NO3. The number of hydrogen-bond acceptors (Lipinski definition) is 2. The van der Waals surface area contributed by atoms with Crippen molar-refractivity contribution in [2.75, 3.05) is 11.9 Å². The maximum Gasteiger partial charge on any atom is 0.319 e. The smallest absolute Gasteiger partial charge is 0.319 e. The average Bonchev–Trinajstić information content (AvgIpc) is 3.27. The molecule has 0 spiro atoms. The van der Waals surface area contributed by atoms with Crippen molar-refractivity contribution in [3.63, 3.8) is 0 Å². The van der Waals surface area contributed by atoms with E-state index in [4.69, 9.17) is 0 Å². The number of amides is 1. The third-order valence-corrected chi connectivity index (χ3v) is 3.99. The largest absolute Gasteiger partial charge is 0.480 e. The summed E-state index contributed by atoms with van der Waals surface area (Å²) in [4.78, 5) is 25.0. The SMILES string of the molecule is CN(C(=O)C1(C(=O)O)CC1)c1ccc2ccccc2c1. The van der Waals surface area contributed by atoms with Crippen LogP contribution in [0.2, 0.25) is 0 Å². The zero-order chi connectivity index (χ0) is 14.3. The zero-order valence-corrected chi connectivity index (χ0v) is 11.2. The van der Waals surface area contributed by atoms with Crippen molar-refractivity contribution < 1.29 is 14.7 Å². The number of rotatable bonds is 3. The molecule has 1 N–H and O–H groups in total. The standard InChI is InChI=1S/C16H15NO3/c1-17(14(18)16(8-9-16)15(19)20)13-7-6-11-4-2-3-5-12(11)10-13/h2-7,10H,8-9H2,1H3,(H,19,20). The van der Waals surface area contributed by atoms with E-state index in [1.165, 1.54) is 4.90 Å². The van der Waals surface area contributed by atoms with Gasteiger partial charge in [-0.3, -0.25) is 9.59 Å². The van der Waals surface area contributed by atoms with Crippen molar-refractivity contribution in [3.05, 3.63) is 42.5 Å². The molecule has 1 aliphatic carbocycles. The fourth-order valence-electron chi connectivity index (χ4n) is 2.47. The molecule has 0 atom stereocenters. The molecule has 2 aromatic rings. The molecule has 1 aliphatic rings. The number of hydrogen-bond donors (Lipinski definition) is 1. The molecule has 0 aliphatic heterocycles. The second-order valence-corrected chi connectivity index (χ2v) is 5.28. The first-order chi connectivity index (χ1) is 9.54. The third kappa shape index (κ3) is 1.84. The minimum absolute atomic E-state index is 0.333. The summed E-state index contributed by atoms with van der Waals surface area (Å²) in [5.74, 6) is -1.35. The van der Waals surface area contributed by atoms with Crippen LogP contribution in [0.5, 0.6) is 0 Å². The molecule has 1 amide bonds. The quantitative estimate of drug-likeness (QED) is 0.871. The monoisotopic (exact) mass is 269 g/mol. The first-order valence-corrected chi connectivity index (χ1v) is 6.55. The predicted molar refractivity (Wildman–Crippen MR) is 76.7 cm³/mol. The number of carboxylic acid groups (broad SMARTS) is 1. The molecule has 0 saturated heterocycles. The highest BCUT2D eigenvalue weighted by molar-refractivity contribution is 6.12. The molecule has 2 aromatic carbocycles. The second kappa shape index (κ2) is 4.34. The molecule has 0 aromatic heterocycles. The van der Waals surface area contributed by atoms with Crippen LogP contribution in [0.3, 0.4) is 0 Å². The molecule has 3 rings (SSSR count). The highest BCUT2D eigenvalue weighted by Gasteiger charge is 2.58. The van der Waals surface area contributed by atoms with Crippen molar-refractivity contribution in [2.45, 2.75) is 12.8 Å². The fourth-order valence-corrected chi connectivity index (χ4v) is 2.47. The van der Waals surface area contributed by atoms with Crippen molar-refractivity contribution in [1.82, 2.24) is 0 Å². The Labute approximate surface area is 116 Å². The number of fused-ring (bicyclic) bond motifs is 1. The predicted octanol–water partition coefficient (Wildman–Crippen LogP) is 2.67. The number of aliphatic carboxylic acids is 1. The number of nitrogens with zero attached hydrogens (tertiary/aromatic N) is 1. The molecule has 1 saturated carbocycles. The average molecular weight is 269 g/mol. The Morgan fingerprint density at radius 1 is 1.10 bits per heavy atom. The Kier molecular flexibility index (Phi) is 2.74. The summed E-state index contributed by atoms with van der Waals surface area (Å²) in [5, 5.41) is 11.3. The Morgan fingerprint density at radius 3 is 2.35 bits per heavy atom. The Hall–Kier alpha value is -2.36. The lowest BCUT2D eigenvalue weighted by atomic mass is 10.0. The van der Waals surface area contributed by atoms with Gasteiger partial charge in [0.15, 0.2) is 0 Å². The lowest BCUT2D eigenvalue weighted by Crippen LogP contribution is -2.38. The van der Waals surface area contributed by atoms with Gasteiger partial charge in [0.05, 0.1) is 0 Å². The molecule has 20 heavy (non-hydrogen) atoms. The lowest BCUT2D eigenvalue weighted by Gasteiger charge is -2.21. The van der Waals surface area contributed by atoms with Crippen molar-refractivity contribution in [2.24, 2.45) is 5.41 Å². The molecule has 0 bridgehead atoms. The van der Waals surface area contributed by atoms with Gasteiger partial charge in [0.2, 0.25) is 5.91 Å². The zero-order valence-electron chi connectivity index (χ0n) is 11.2. The first kappa shape index (κ1) is 12.7. The summed E-state index contributed by atoms with van der Waals surface area (Å²) in [5.41, 5.74) is -0.471. The van der Waals surface area contributed by atoms with E-state index in [1.54, 1.807) is 7.05 Å². The first-order valence-electron chi connectivity index (χ1n) is 6.55. The number of carbonyl (C=O) groups excluding carboxylic acids is 1. The molecule has 0 unspecified atom stereocenters. The minimum atomic E-state index is -1.19. The van der Waals surface area contributed by atoms with E-state index >= 15 is 0 Å². The summed E-state index contributed by atoms with van der Waals surface area (Å²) in [6.45, 7) is 0. The fraction of sp³-hybridized carbons (Fsp3) is 0.250. The van der Waals surface area contributed by atoms with Crippen LogP contribution in [0.15, 0.2) is 42.5 Å². The Bertz CT molecular complexity index is 704. The van der Waals surface area contributed by atoms with E-state index in [2.05, 4.69) is 0 Å². The van der Waals surface area contributed by atoms with E-state index in [1.807, 2.05) is 42.5 Å². The molecule has 4 nitrogen and oxygen atoms in total. The highest BCUT2D eigenvalue weighted by Crippen LogP contribution is 2.47. The number of carbonyl (C=O) groups is 2. The topological polar surface area (TPSA) is 57.6 Å². The lowest BCUT2D eigenvalue weighted by molar-refractivity contribution is -0.148. The summed E-state index contributed by atoms with van der Waals surface area (Å²) in [7, 11) is 1.63. The summed E-state index contributed by atoms with van der Waals surface area (Å²) in [6, 6.07) is 13.6. The van der Waals surface area contributed by atoms with Gasteiger partial charge in [-0.25, -0.2) is 0 Å². The van der Waals surface area contributed by atoms with E-state index < -0.39 is 11.4 Å². The Morgan fingerprint density at radius 2 is 1.75 bits per heavy atom. The number of benzene rings is 2. The van der Waals surface area contributed by atoms with Gasteiger partial charge < -0.3 is 10.0 Å². The van der Waals surface area contributed by atoms with Gasteiger partial charge in [-0.2, -0.15) is 0 Å². The number of anilines is 1. The van der Waals surface area contributed by atoms with Gasteiger partial charge >= 0.3 is 5.97 Å². The van der Waals surface area contributed by atoms with E-state index in [0.717, 1.165) is 16.5 Å². The van der Waals surface area contributed by atoms with Gasteiger partial charge in [-0.05, 0) is 35.7 Å². The summed E-state index contributed by atoms with van der Waals surface area (Å²) >= 11 is 0. The highest BCUT2D eigenvalue weighted by atomic mass is 16.4. The van der Waals surface area contributed by atoms with E-state index in [9.17, 15) is 14.7 Å². The van der Waals surface area contributed by atoms with Crippen LogP contribution in [0.25, 0.3) is 10.8 Å². The summed E-state index contributed by atoms with van der Waals surface area (Å²) in [6.07, 6.45) is 0.859. The van der Waals surface area contributed by atoms with Crippen LogP contribution in [-0.2, 0) is 9.59 Å². The molecule has 0 radical (unpaired) electrons. The van der Waals surface area contributed by atoms with Crippen LogP contribution < -0.4 is 4.90 Å². The molecular weight excluding hydrogens is 254 g/mol. The van der Waals surface area contributed by atoms with Crippen LogP contribution >= 0.6 is 0 Å². The van der Waals surface area contributed by atoms with Gasteiger partial charge in [-0.15, -0.1) is 0 Å². The molecule has 0 heterocycles. The molecule has 4 heteroatoms.